The molecule has 1 aliphatic rings. The molecule has 1 amide bonds. The zero-order chi connectivity index (χ0) is 18.5. The van der Waals surface area contributed by atoms with Gasteiger partial charge < -0.3 is 4.90 Å². The molecule has 0 bridgehead atoms. The minimum Gasteiger partial charge on any atom is -0.338 e. The van der Waals surface area contributed by atoms with Gasteiger partial charge in [0.2, 0.25) is 0 Å². The molecule has 26 heavy (non-hydrogen) atoms. The zero-order valence-corrected chi connectivity index (χ0v) is 15.5. The average Bonchev–Trinajstić information content (AvgIpc) is 2.67. The molecule has 5 heteroatoms. The van der Waals surface area contributed by atoms with Gasteiger partial charge in [-0.2, -0.15) is 0 Å². The van der Waals surface area contributed by atoms with Crippen LogP contribution in [0, 0.1) is 11.7 Å². The Bertz CT molecular complexity index is 745. The number of carbonyl (C=O) groups excluding carboxylic acids is 1. The Morgan fingerprint density at radius 3 is 2.69 bits per heavy atom. The molecule has 2 heterocycles. The van der Waals surface area contributed by atoms with E-state index in [1.165, 1.54) is 6.07 Å². The van der Waals surface area contributed by atoms with Crippen LogP contribution in [0.4, 0.5) is 4.39 Å². The summed E-state index contributed by atoms with van der Waals surface area (Å²) in [6.07, 6.45) is 6.94. The number of hydrogen-bond acceptors (Lipinski definition) is 3. The highest BCUT2D eigenvalue weighted by Crippen LogP contribution is 2.23. The van der Waals surface area contributed by atoms with E-state index in [-0.39, 0.29) is 17.6 Å². The van der Waals surface area contributed by atoms with E-state index in [1.807, 2.05) is 30.9 Å². The highest BCUT2D eigenvalue weighted by molar-refractivity contribution is 5.93. The number of halogens is 1. The van der Waals surface area contributed by atoms with Crippen molar-refractivity contribution in [2.24, 2.45) is 5.92 Å². The standard InChI is InChI=1S/C21H26FN3O/c1-15(2)20-23-12-18(13-24-20)21(26)25-11-5-6-16(14-25)9-10-17-7-3-4-8-19(17)22/h3-4,7-8,12-13,15-16H,5-6,9-11,14H2,1-2H3/t16-/m1/s1. The van der Waals surface area contributed by atoms with Crippen LogP contribution in [-0.2, 0) is 6.42 Å². The van der Waals surface area contributed by atoms with Crippen molar-refractivity contribution < 1.29 is 9.18 Å². The summed E-state index contributed by atoms with van der Waals surface area (Å²) >= 11 is 0. The first kappa shape index (κ1) is 18.5. The monoisotopic (exact) mass is 355 g/mol. The van der Waals surface area contributed by atoms with E-state index >= 15 is 0 Å². The van der Waals surface area contributed by atoms with Crippen LogP contribution in [0.15, 0.2) is 36.7 Å². The second-order valence-corrected chi connectivity index (χ2v) is 7.37. The molecule has 1 aromatic heterocycles. The molecule has 0 N–H and O–H groups in total. The maximum Gasteiger partial charge on any atom is 0.256 e. The van der Waals surface area contributed by atoms with Crippen LogP contribution in [0.25, 0.3) is 0 Å². The minimum absolute atomic E-state index is 0.00380. The van der Waals surface area contributed by atoms with Crippen LogP contribution >= 0.6 is 0 Å². The van der Waals surface area contributed by atoms with E-state index in [0.717, 1.165) is 43.7 Å². The van der Waals surface area contributed by atoms with Gasteiger partial charge in [-0.15, -0.1) is 0 Å². The van der Waals surface area contributed by atoms with Crippen molar-refractivity contribution in [3.05, 3.63) is 59.4 Å². The van der Waals surface area contributed by atoms with Crippen LogP contribution in [0.2, 0.25) is 0 Å². The Morgan fingerprint density at radius 1 is 1.27 bits per heavy atom. The van der Waals surface area contributed by atoms with E-state index in [4.69, 9.17) is 0 Å². The molecule has 4 nitrogen and oxygen atoms in total. The fourth-order valence-electron chi connectivity index (χ4n) is 3.48. The van der Waals surface area contributed by atoms with Crippen molar-refractivity contribution in [3.63, 3.8) is 0 Å². The molecule has 0 saturated carbocycles. The van der Waals surface area contributed by atoms with Crippen molar-refractivity contribution in [1.29, 1.82) is 0 Å². The summed E-state index contributed by atoms with van der Waals surface area (Å²) in [5.41, 5.74) is 1.30. The second-order valence-electron chi connectivity index (χ2n) is 7.37. The quantitative estimate of drug-likeness (QED) is 0.806. The fourth-order valence-corrected chi connectivity index (χ4v) is 3.48. The summed E-state index contributed by atoms with van der Waals surface area (Å²) in [6.45, 7) is 5.55. The van der Waals surface area contributed by atoms with Gasteiger partial charge in [-0.1, -0.05) is 32.0 Å². The zero-order valence-electron chi connectivity index (χ0n) is 15.5. The maximum atomic E-state index is 13.8. The van der Waals surface area contributed by atoms with Crippen LogP contribution in [0.5, 0.6) is 0 Å². The lowest BCUT2D eigenvalue weighted by Gasteiger charge is -2.33. The number of carbonyl (C=O) groups is 1. The number of amides is 1. The van der Waals surface area contributed by atoms with E-state index in [0.29, 0.717) is 17.9 Å². The lowest BCUT2D eigenvalue weighted by atomic mass is 9.91. The second kappa shape index (κ2) is 8.39. The molecule has 1 aromatic carbocycles. The first-order chi connectivity index (χ1) is 12.5. The van der Waals surface area contributed by atoms with Gasteiger partial charge in [0.1, 0.15) is 11.6 Å². The van der Waals surface area contributed by atoms with Crippen LogP contribution in [0.3, 0.4) is 0 Å². The molecule has 0 unspecified atom stereocenters. The molecule has 0 spiro atoms. The molecule has 1 atom stereocenters. The van der Waals surface area contributed by atoms with Gasteiger partial charge in [0.05, 0.1) is 5.56 Å². The molecule has 1 saturated heterocycles. The first-order valence-electron chi connectivity index (χ1n) is 9.39. The van der Waals surface area contributed by atoms with Gasteiger partial charge in [-0.05, 0) is 43.2 Å². The molecule has 3 rings (SSSR count). The number of aryl methyl sites for hydroxylation is 1. The molecule has 138 valence electrons. The summed E-state index contributed by atoms with van der Waals surface area (Å²) in [7, 11) is 0. The normalized spacial score (nSPS) is 17.5. The molecular formula is C21H26FN3O. The summed E-state index contributed by atoms with van der Waals surface area (Å²) in [5.74, 6) is 1.26. The molecule has 1 fully saturated rings. The molecule has 1 aliphatic heterocycles. The predicted molar refractivity (Wildman–Crippen MR) is 99.5 cm³/mol. The minimum atomic E-state index is -0.140. The smallest absolute Gasteiger partial charge is 0.256 e. The Balaban J connectivity index is 1.59. The van der Waals surface area contributed by atoms with Gasteiger partial charge in [-0.25, -0.2) is 14.4 Å². The number of aromatic nitrogens is 2. The van der Waals surface area contributed by atoms with Gasteiger partial charge in [0.15, 0.2) is 0 Å². The topological polar surface area (TPSA) is 46.1 Å². The largest absolute Gasteiger partial charge is 0.338 e. The van der Waals surface area contributed by atoms with E-state index in [1.54, 1.807) is 18.5 Å². The number of rotatable bonds is 5. The lowest BCUT2D eigenvalue weighted by Crippen LogP contribution is -2.40. The molecule has 2 aromatic rings. The van der Waals surface area contributed by atoms with Gasteiger partial charge in [-0.3, -0.25) is 4.79 Å². The number of nitrogens with zero attached hydrogens (tertiary/aromatic N) is 3. The van der Waals surface area contributed by atoms with Crippen LogP contribution < -0.4 is 0 Å². The molecular weight excluding hydrogens is 329 g/mol. The Hall–Kier alpha value is -2.30. The third-order valence-electron chi connectivity index (χ3n) is 5.02. The highest BCUT2D eigenvalue weighted by Gasteiger charge is 2.25. The maximum absolute atomic E-state index is 13.8. The SMILES string of the molecule is CC(C)c1ncc(C(=O)N2CCC[C@H](CCc3ccccc3F)C2)cn1. The average molecular weight is 355 g/mol. The third-order valence-corrected chi connectivity index (χ3v) is 5.02. The van der Waals surface area contributed by atoms with E-state index in [9.17, 15) is 9.18 Å². The number of piperidine rings is 1. The van der Waals surface area contributed by atoms with E-state index < -0.39 is 0 Å². The summed E-state index contributed by atoms with van der Waals surface area (Å²) < 4.78 is 13.8. The van der Waals surface area contributed by atoms with Gasteiger partial charge in [0.25, 0.3) is 5.91 Å². The first-order valence-corrected chi connectivity index (χ1v) is 9.39. The number of hydrogen-bond donors (Lipinski definition) is 0. The third kappa shape index (κ3) is 4.45. The lowest BCUT2D eigenvalue weighted by molar-refractivity contribution is 0.0667. The van der Waals surface area contributed by atoms with Gasteiger partial charge >= 0.3 is 0 Å². The predicted octanol–water partition coefficient (Wildman–Crippen LogP) is 4.22. The highest BCUT2D eigenvalue weighted by atomic mass is 19.1. The molecule has 0 radical (unpaired) electrons. The summed E-state index contributed by atoms with van der Waals surface area (Å²) in [6, 6.07) is 6.93. The van der Waals surface area contributed by atoms with Crippen molar-refractivity contribution in [2.45, 2.75) is 45.4 Å². The Morgan fingerprint density at radius 2 is 2.00 bits per heavy atom. The van der Waals surface area contributed by atoms with E-state index in [2.05, 4.69) is 9.97 Å². The number of likely N-dealkylation sites (tertiary alicyclic amines) is 1. The Kier molecular flexibility index (Phi) is 5.96. The van der Waals surface area contributed by atoms with Gasteiger partial charge in [0, 0.05) is 31.4 Å². The number of benzene rings is 1. The van der Waals surface area contributed by atoms with Crippen LogP contribution in [-0.4, -0.2) is 33.9 Å². The van der Waals surface area contributed by atoms with Crippen molar-refractivity contribution in [2.75, 3.05) is 13.1 Å². The summed E-state index contributed by atoms with van der Waals surface area (Å²) in [4.78, 5) is 23.2. The van der Waals surface area contributed by atoms with Crippen molar-refractivity contribution >= 4 is 5.91 Å². The van der Waals surface area contributed by atoms with Crippen molar-refractivity contribution in [1.82, 2.24) is 14.9 Å². The fraction of sp³-hybridized carbons (Fsp3) is 0.476. The summed E-state index contributed by atoms with van der Waals surface area (Å²) in [5, 5.41) is 0. The Labute approximate surface area is 154 Å². The molecule has 0 aliphatic carbocycles. The van der Waals surface area contributed by atoms with Crippen LogP contribution in [0.1, 0.15) is 60.8 Å². The van der Waals surface area contributed by atoms with Crippen molar-refractivity contribution in [3.8, 4) is 0 Å².